The molecule has 3 rings (SSSR count). The number of nitrogens with zero attached hydrogens (tertiary/aromatic N) is 5. The number of hydrogen-bond acceptors (Lipinski definition) is 7. The van der Waals surface area contributed by atoms with E-state index in [1.54, 1.807) is 29.3 Å². The van der Waals surface area contributed by atoms with Crippen LogP contribution in [0.25, 0.3) is 0 Å². The van der Waals surface area contributed by atoms with Crippen LogP contribution in [0.4, 0.5) is 27.9 Å². The molecule has 1 aromatic heterocycles. The fourth-order valence-electron chi connectivity index (χ4n) is 2.07. The lowest BCUT2D eigenvalue weighted by Gasteiger charge is -2.13. The lowest BCUT2D eigenvalue weighted by molar-refractivity contribution is 0.628. The van der Waals surface area contributed by atoms with Crippen molar-refractivity contribution in [2.75, 3.05) is 29.7 Å². The number of hydrazone groups is 1. The van der Waals surface area contributed by atoms with Gasteiger partial charge in [-0.1, -0.05) is 29.8 Å². The molecule has 0 aliphatic rings. The summed E-state index contributed by atoms with van der Waals surface area (Å²) in [5.41, 5.74) is 4.19. The number of benzene rings is 2. The van der Waals surface area contributed by atoms with Gasteiger partial charge in [-0.2, -0.15) is 20.1 Å². The van der Waals surface area contributed by atoms with Crippen molar-refractivity contribution in [3.63, 3.8) is 0 Å². The van der Waals surface area contributed by atoms with Crippen molar-refractivity contribution in [1.29, 1.82) is 0 Å². The smallest absolute Gasteiger partial charge is 0.250 e. The second kappa shape index (κ2) is 9.82. The molecule has 0 saturated heterocycles. The van der Waals surface area contributed by atoms with Gasteiger partial charge in [0.25, 0.3) is 0 Å². The van der Waals surface area contributed by atoms with Crippen LogP contribution < -0.4 is 15.6 Å². The van der Waals surface area contributed by atoms with E-state index in [0.717, 1.165) is 5.56 Å². The van der Waals surface area contributed by atoms with Gasteiger partial charge in [-0.3, -0.25) is 0 Å². The monoisotopic (exact) mass is 421 g/mol. The van der Waals surface area contributed by atoms with Gasteiger partial charge in [0.2, 0.25) is 17.8 Å². The summed E-state index contributed by atoms with van der Waals surface area (Å²) in [6.07, 6.45) is 1.58. The van der Waals surface area contributed by atoms with Crippen LogP contribution >= 0.6 is 24.0 Å². The molecule has 10 heteroatoms. The van der Waals surface area contributed by atoms with Crippen LogP contribution in [0.5, 0.6) is 0 Å². The van der Waals surface area contributed by atoms with Gasteiger partial charge in [-0.05, 0) is 30.3 Å². The zero-order valence-corrected chi connectivity index (χ0v) is 16.7. The van der Waals surface area contributed by atoms with Crippen LogP contribution in [0.1, 0.15) is 5.56 Å². The highest BCUT2D eigenvalue weighted by Gasteiger charge is 2.08. The van der Waals surface area contributed by atoms with Crippen LogP contribution in [0.3, 0.4) is 0 Å². The van der Waals surface area contributed by atoms with Gasteiger partial charge in [0, 0.05) is 30.4 Å². The summed E-state index contributed by atoms with van der Waals surface area (Å²) in [6.45, 7) is 0. The number of hydrogen-bond donors (Lipinski definition) is 2. The average Bonchev–Trinajstić information content (AvgIpc) is 2.65. The van der Waals surface area contributed by atoms with E-state index < -0.39 is 0 Å². The third-order valence-corrected chi connectivity index (χ3v) is 3.74. The van der Waals surface area contributed by atoms with Crippen molar-refractivity contribution in [3.8, 4) is 0 Å². The molecule has 0 aliphatic heterocycles. The fourth-order valence-corrected chi connectivity index (χ4v) is 2.26. The van der Waals surface area contributed by atoms with Crippen LogP contribution in [-0.2, 0) is 0 Å². The topological polar surface area (TPSA) is 78.3 Å². The molecule has 1 heterocycles. The molecule has 3 aromatic rings. The van der Waals surface area contributed by atoms with E-state index in [0.29, 0.717) is 22.6 Å². The summed E-state index contributed by atoms with van der Waals surface area (Å²) in [5.74, 6) is 0.670. The zero-order valence-electron chi connectivity index (χ0n) is 15.1. The first-order chi connectivity index (χ1) is 13.0. The van der Waals surface area contributed by atoms with Crippen LogP contribution in [0.2, 0.25) is 5.02 Å². The molecule has 0 atom stereocenters. The number of rotatable bonds is 6. The summed E-state index contributed by atoms with van der Waals surface area (Å²) in [6, 6.07) is 13.2. The van der Waals surface area contributed by atoms with E-state index in [2.05, 4.69) is 30.8 Å². The molecule has 2 aromatic carbocycles. The molecule has 0 saturated carbocycles. The predicted octanol–water partition coefficient (Wildman–Crippen LogP) is 4.34. The number of halogens is 3. The van der Waals surface area contributed by atoms with E-state index in [-0.39, 0.29) is 24.2 Å². The first kappa shape index (κ1) is 21.3. The number of anilines is 4. The quantitative estimate of drug-likeness (QED) is 0.455. The highest BCUT2D eigenvalue weighted by molar-refractivity contribution is 6.33. The van der Waals surface area contributed by atoms with Gasteiger partial charge >= 0.3 is 0 Å². The Kier molecular flexibility index (Phi) is 7.48. The standard InChI is InChI=1S/C18H17ClFN7.ClH/c1-27(2)18-24-16(22-14-9-7-13(20)8-10-14)23-17(25-18)26-21-11-12-5-3-4-6-15(12)19;/h3-11H,1-2H3,(H2,22,23,24,25,26);1H/b21-11+;. The summed E-state index contributed by atoms with van der Waals surface area (Å²) in [5, 5.41) is 7.73. The van der Waals surface area contributed by atoms with E-state index in [4.69, 9.17) is 11.6 Å². The Labute approximate surface area is 173 Å². The van der Waals surface area contributed by atoms with Crippen LogP contribution in [0.15, 0.2) is 53.6 Å². The molecule has 146 valence electrons. The Morgan fingerprint density at radius 1 is 1.00 bits per heavy atom. The van der Waals surface area contributed by atoms with Gasteiger partial charge in [0.1, 0.15) is 5.82 Å². The molecule has 0 bridgehead atoms. The van der Waals surface area contributed by atoms with Gasteiger partial charge < -0.3 is 10.2 Å². The Balaban J connectivity index is 0.00000280. The molecule has 0 amide bonds. The molecule has 28 heavy (non-hydrogen) atoms. The summed E-state index contributed by atoms with van der Waals surface area (Å²) >= 11 is 6.10. The van der Waals surface area contributed by atoms with Gasteiger partial charge in [-0.15, -0.1) is 12.4 Å². The summed E-state index contributed by atoms with van der Waals surface area (Å²) in [7, 11) is 3.63. The molecule has 0 fully saturated rings. The van der Waals surface area contributed by atoms with Crippen LogP contribution in [-0.4, -0.2) is 35.3 Å². The molecule has 0 unspecified atom stereocenters. The second-order valence-electron chi connectivity index (χ2n) is 5.70. The van der Waals surface area contributed by atoms with E-state index in [9.17, 15) is 4.39 Å². The maximum Gasteiger partial charge on any atom is 0.250 e. The Hall–Kier alpha value is -2.97. The molecular formula is C18H18Cl2FN7. The van der Waals surface area contributed by atoms with Crippen LogP contribution in [0, 0.1) is 5.82 Å². The lowest BCUT2D eigenvalue weighted by atomic mass is 10.2. The summed E-state index contributed by atoms with van der Waals surface area (Å²) < 4.78 is 13.1. The van der Waals surface area contributed by atoms with Crippen molar-refractivity contribution in [2.24, 2.45) is 5.10 Å². The third kappa shape index (κ3) is 5.77. The molecule has 7 nitrogen and oxygen atoms in total. The fraction of sp³-hybridized carbons (Fsp3) is 0.111. The van der Waals surface area contributed by atoms with Crippen molar-refractivity contribution < 1.29 is 4.39 Å². The molecular weight excluding hydrogens is 404 g/mol. The van der Waals surface area contributed by atoms with Crippen molar-refractivity contribution in [2.45, 2.75) is 0 Å². The SMILES string of the molecule is CN(C)c1nc(N/N=C/c2ccccc2Cl)nc(Nc2ccc(F)cc2)n1.Cl. The Bertz CT molecular complexity index is 949. The normalized spacial score (nSPS) is 10.4. The average molecular weight is 422 g/mol. The molecule has 0 aliphatic carbocycles. The van der Waals surface area contributed by atoms with E-state index in [1.165, 1.54) is 12.1 Å². The van der Waals surface area contributed by atoms with Crippen molar-refractivity contribution >= 4 is 53.8 Å². The second-order valence-corrected chi connectivity index (χ2v) is 6.11. The van der Waals surface area contributed by atoms with E-state index >= 15 is 0 Å². The largest absolute Gasteiger partial charge is 0.347 e. The van der Waals surface area contributed by atoms with Crippen molar-refractivity contribution in [3.05, 3.63) is 64.9 Å². The van der Waals surface area contributed by atoms with Gasteiger partial charge in [0.15, 0.2) is 0 Å². The molecule has 0 spiro atoms. The summed E-state index contributed by atoms with van der Waals surface area (Å²) in [4.78, 5) is 14.6. The maximum atomic E-state index is 13.1. The minimum Gasteiger partial charge on any atom is -0.347 e. The lowest BCUT2D eigenvalue weighted by Crippen LogP contribution is -2.15. The Morgan fingerprint density at radius 3 is 2.36 bits per heavy atom. The number of nitrogens with one attached hydrogen (secondary N) is 2. The first-order valence-corrected chi connectivity index (χ1v) is 8.38. The predicted molar refractivity (Wildman–Crippen MR) is 114 cm³/mol. The minimum atomic E-state index is -0.318. The van der Waals surface area contributed by atoms with Crippen molar-refractivity contribution in [1.82, 2.24) is 15.0 Å². The van der Waals surface area contributed by atoms with E-state index in [1.807, 2.05) is 32.3 Å². The van der Waals surface area contributed by atoms with Gasteiger partial charge in [-0.25, -0.2) is 9.82 Å². The highest BCUT2D eigenvalue weighted by atomic mass is 35.5. The number of aromatic nitrogens is 3. The zero-order chi connectivity index (χ0) is 19.2. The molecule has 2 N–H and O–H groups in total. The maximum absolute atomic E-state index is 13.1. The minimum absolute atomic E-state index is 0. The Morgan fingerprint density at radius 2 is 1.68 bits per heavy atom. The first-order valence-electron chi connectivity index (χ1n) is 8.01. The highest BCUT2D eigenvalue weighted by Crippen LogP contribution is 2.17. The van der Waals surface area contributed by atoms with Gasteiger partial charge in [0.05, 0.1) is 6.21 Å². The molecule has 0 radical (unpaired) electrons. The third-order valence-electron chi connectivity index (χ3n) is 3.40.